The van der Waals surface area contributed by atoms with Crippen molar-refractivity contribution < 1.29 is 35.9 Å². The molecule has 138 valence electrons. The number of amides is 3. The van der Waals surface area contributed by atoms with E-state index in [1.54, 1.807) is 0 Å². The SMILES string of the molecule is O=C(NCl)N(C(=O)c1c(F)cccc1F)c1ccc(C(F)(F)F)cc1F. The van der Waals surface area contributed by atoms with Crippen LogP contribution in [-0.2, 0) is 6.18 Å². The summed E-state index contributed by atoms with van der Waals surface area (Å²) < 4.78 is 79.5. The second-order valence-electron chi connectivity index (χ2n) is 4.80. The number of hydrogen-bond acceptors (Lipinski definition) is 2. The van der Waals surface area contributed by atoms with Crippen LogP contribution in [-0.4, -0.2) is 11.9 Å². The molecule has 0 heterocycles. The van der Waals surface area contributed by atoms with Gasteiger partial charge in [-0.1, -0.05) is 6.07 Å². The van der Waals surface area contributed by atoms with E-state index in [9.17, 15) is 35.9 Å². The van der Waals surface area contributed by atoms with Crippen molar-refractivity contribution in [3.05, 3.63) is 65.0 Å². The topological polar surface area (TPSA) is 49.4 Å². The van der Waals surface area contributed by atoms with E-state index < -0.39 is 52.4 Å². The molecule has 0 fully saturated rings. The van der Waals surface area contributed by atoms with Gasteiger partial charge >= 0.3 is 12.2 Å². The molecule has 2 rings (SSSR count). The molecule has 4 nitrogen and oxygen atoms in total. The first-order valence-corrected chi connectivity index (χ1v) is 7.01. The zero-order valence-electron chi connectivity index (χ0n) is 12.4. The van der Waals surface area contributed by atoms with Crippen LogP contribution in [0.1, 0.15) is 15.9 Å². The minimum atomic E-state index is -4.89. The molecule has 0 radical (unpaired) electrons. The Hall–Kier alpha value is -2.75. The van der Waals surface area contributed by atoms with Gasteiger partial charge < -0.3 is 0 Å². The largest absolute Gasteiger partial charge is 0.416 e. The van der Waals surface area contributed by atoms with Crippen LogP contribution in [0.5, 0.6) is 0 Å². The number of imide groups is 1. The smallest absolute Gasteiger partial charge is 0.268 e. The van der Waals surface area contributed by atoms with E-state index in [1.165, 1.54) is 4.84 Å². The normalized spacial score (nSPS) is 11.2. The molecule has 1 N–H and O–H groups in total. The maximum atomic E-state index is 14.1. The number of nitrogens with zero attached hydrogens (tertiary/aromatic N) is 1. The van der Waals surface area contributed by atoms with Crippen molar-refractivity contribution in [1.29, 1.82) is 0 Å². The first-order valence-electron chi connectivity index (χ1n) is 6.63. The number of anilines is 1. The van der Waals surface area contributed by atoms with Gasteiger partial charge in [-0.3, -0.25) is 4.79 Å². The van der Waals surface area contributed by atoms with E-state index >= 15 is 0 Å². The molecule has 0 saturated heterocycles. The van der Waals surface area contributed by atoms with Gasteiger partial charge in [0.2, 0.25) is 0 Å². The highest BCUT2D eigenvalue weighted by atomic mass is 35.5. The molecule has 26 heavy (non-hydrogen) atoms. The van der Waals surface area contributed by atoms with Crippen LogP contribution in [0.4, 0.5) is 36.8 Å². The number of benzene rings is 2. The van der Waals surface area contributed by atoms with E-state index in [-0.39, 0.29) is 11.0 Å². The molecule has 3 amide bonds. The third-order valence-corrected chi connectivity index (χ3v) is 3.34. The summed E-state index contributed by atoms with van der Waals surface area (Å²) in [5.41, 5.74) is -3.59. The predicted octanol–water partition coefficient (Wildman–Crippen LogP) is 4.63. The van der Waals surface area contributed by atoms with Crippen LogP contribution in [0.3, 0.4) is 0 Å². The molecule has 0 spiro atoms. The molecule has 0 unspecified atom stereocenters. The molecule has 0 aliphatic heterocycles. The number of hydrogen-bond donors (Lipinski definition) is 1. The lowest BCUT2D eigenvalue weighted by Gasteiger charge is -2.21. The van der Waals surface area contributed by atoms with Crippen LogP contribution >= 0.6 is 11.8 Å². The van der Waals surface area contributed by atoms with Gasteiger partial charge in [-0.2, -0.15) is 13.2 Å². The quantitative estimate of drug-likeness (QED) is 0.594. The fourth-order valence-electron chi connectivity index (χ4n) is 2.03. The standard InChI is InChI=1S/C15H7ClF6N2O2/c16-23-14(26)24(13(25)12-8(17)2-1-3-9(12)18)11-5-4-7(6-10(11)19)15(20,21)22/h1-6H,(H,23,26). The van der Waals surface area contributed by atoms with Crippen molar-refractivity contribution in [2.24, 2.45) is 0 Å². The molecule has 0 saturated carbocycles. The van der Waals surface area contributed by atoms with Gasteiger partial charge in [0.15, 0.2) is 0 Å². The molecule has 0 atom stereocenters. The Morgan fingerprint density at radius 3 is 2.00 bits per heavy atom. The molecule has 0 aromatic heterocycles. The highest BCUT2D eigenvalue weighted by Gasteiger charge is 2.34. The summed E-state index contributed by atoms with van der Waals surface area (Å²) >= 11 is 5.08. The molecular formula is C15H7ClF6N2O2. The van der Waals surface area contributed by atoms with E-state index in [1.807, 2.05) is 0 Å². The maximum absolute atomic E-state index is 14.1. The number of carbonyl (C=O) groups excluding carboxylic acids is 2. The summed E-state index contributed by atoms with van der Waals surface area (Å²) in [4.78, 5) is 25.5. The number of halogens is 7. The van der Waals surface area contributed by atoms with Crippen LogP contribution < -0.4 is 9.74 Å². The molecule has 0 aliphatic rings. The van der Waals surface area contributed by atoms with Gasteiger partial charge in [0.1, 0.15) is 23.0 Å². The van der Waals surface area contributed by atoms with E-state index in [4.69, 9.17) is 11.8 Å². The van der Waals surface area contributed by atoms with Gasteiger partial charge in [-0.25, -0.2) is 27.7 Å². The average Bonchev–Trinajstić information content (AvgIpc) is 2.55. The molecule has 0 aliphatic carbocycles. The highest BCUT2D eigenvalue weighted by Crippen LogP contribution is 2.33. The lowest BCUT2D eigenvalue weighted by atomic mass is 10.1. The first-order chi connectivity index (χ1) is 12.1. The van der Waals surface area contributed by atoms with Crippen molar-refractivity contribution in [1.82, 2.24) is 4.84 Å². The summed E-state index contributed by atoms with van der Waals surface area (Å²) in [7, 11) is 0. The number of alkyl halides is 3. The lowest BCUT2D eigenvalue weighted by molar-refractivity contribution is -0.137. The third-order valence-electron chi connectivity index (χ3n) is 3.18. The van der Waals surface area contributed by atoms with Crippen molar-refractivity contribution >= 4 is 29.4 Å². The van der Waals surface area contributed by atoms with Crippen LogP contribution in [0.15, 0.2) is 36.4 Å². The highest BCUT2D eigenvalue weighted by molar-refractivity contribution is 6.29. The minimum Gasteiger partial charge on any atom is -0.268 e. The Balaban J connectivity index is 2.60. The third kappa shape index (κ3) is 3.74. The summed E-state index contributed by atoms with van der Waals surface area (Å²) in [5.74, 6) is -6.04. The van der Waals surface area contributed by atoms with Crippen molar-refractivity contribution in [3.8, 4) is 0 Å². The van der Waals surface area contributed by atoms with Crippen LogP contribution in [0.2, 0.25) is 0 Å². The second-order valence-corrected chi connectivity index (χ2v) is 4.99. The molecular weight excluding hydrogens is 390 g/mol. The predicted molar refractivity (Wildman–Crippen MR) is 79.0 cm³/mol. The minimum absolute atomic E-state index is 0.0227. The first kappa shape index (κ1) is 19.6. The van der Waals surface area contributed by atoms with Gasteiger partial charge in [0.05, 0.1) is 11.3 Å². The monoisotopic (exact) mass is 396 g/mol. The van der Waals surface area contributed by atoms with E-state index in [0.717, 1.165) is 6.07 Å². The number of nitrogens with one attached hydrogen (secondary N) is 1. The van der Waals surface area contributed by atoms with Crippen molar-refractivity contribution in [3.63, 3.8) is 0 Å². The van der Waals surface area contributed by atoms with Crippen LogP contribution in [0.25, 0.3) is 0 Å². The Kier molecular flexibility index (Phi) is 5.45. The zero-order valence-corrected chi connectivity index (χ0v) is 13.1. The lowest BCUT2D eigenvalue weighted by Crippen LogP contribution is -2.42. The van der Waals surface area contributed by atoms with Crippen molar-refractivity contribution in [2.45, 2.75) is 6.18 Å². The second kappa shape index (κ2) is 7.24. The van der Waals surface area contributed by atoms with Gasteiger partial charge in [-0.05, 0) is 30.3 Å². The van der Waals surface area contributed by atoms with Gasteiger partial charge in [-0.15, -0.1) is 0 Å². The molecule has 2 aromatic rings. The Morgan fingerprint density at radius 2 is 1.54 bits per heavy atom. The summed E-state index contributed by atoms with van der Waals surface area (Å²) in [5, 5.41) is 0. The fraction of sp³-hybridized carbons (Fsp3) is 0.0667. The number of urea groups is 1. The Labute approximate surface area is 147 Å². The average molecular weight is 397 g/mol. The van der Waals surface area contributed by atoms with Gasteiger partial charge in [0, 0.05) is 11.8 Å². The number of rotatable bonds is 2. The summed E-state index contributed by atoms with van der Waals surface area (Å²) in [6.07, 6.45) is -4.89. The summed E-state index contributed by atoms with van der Waals surface area (Å²) in [6, 6.07) is 1.68. The number of carbonyl (C=O) groups is 2. The van der Waals surface area contributed by atoms with Crippen molar-refractivity contribution in [2.75, 3.05) is 4.90 Å². The van der Waals surface area contributed by atoms with Gasteiger partial charge in [0.25, 0.3) is 5.91 Å². The van der Waals surface area contributed by atoms with E-state index in [0.29, 0.717) is 24.3 Å². The summed E-state index contributed by atoms with van der Waals surface area (Å²) in [6.45, 7) is 0. The Morgan fingerprint density at radius 1 is 0.962 bits per heavy atom. The maximum Gasteiger partial charge on any atom is 0.416 e. The molecule has 11 heteroatoms. The fourth-order valence-corrected chi connectivity index (χ4v) is 2.12. The van der Waals surface area contributed by atoms with E-state index in [2.05, 4.69) is 0 Å². The van der Waals surface area contributed by atoms with Crippen LogP contribution in [0, 0.1) is 17.5 Å². The molecule has 2 aromatic carbocycles. The zero-order chi connectivity index (χ0) is 19.6. The Bertz CT molecular complexity index is 851. The molecule has 0 bridgehead atoms.